The molecule has 0 fully saturated rings. The Morgan fingerprint density at radius 1 is 1.15 bits per heavy atom. The van der Waals surface area contributed by atoms with Crippen molar-refractivity contribution in [1.82, 2.24) is 20.2 Å². The van der Waals surface area contributed by atoms with Gasteiger partial charge in [-0.2, -0.15) is 0 Å². The second-order valence-corrected chi connectivity index (χ2v) is 6.38. The van der Waals surface area contributed by atoms with Gasteiger partial charge in [0.2, 0.25) is 5.88 Å². The molecule has 0 spiro atoms. The van der Waals surface area contributed by atoms with Gasteiger partial charge in [0.25, 0.3) is 0 Å². The molecule has 0 atom stereocenters. The Labute approximate surface area is 131 Å². The third-order valence-electron chi connectivity index (χ3n) is 2.67. The van der Waals surface area contributed by atoms with Crippen molar-refractivity contribution in [2.24, 2.45) is 0 Å². The van der Waals surface area contributed by atoms with Crippen LogP contribution in [0.4, 0.5) is 5.82 Å². The molecule has 2 rings (SSSR count). The summed E-state index contributed by atoms with van der Waals surface area (Å²) in [7, 11) is 1.54. The first-order valence-corrected chi connectivity index (χ1v) is 7.12. The second-order valence-electron chi connectivity index (χ2n) is 5.31. The van der Waals surface area contributed by atoms with Crippen LogP contribution in [0.25, 0.3) is 11.5 Å². The molecule has 0 bridgehead atoms. The minimum atomic E-state index is -0.123. The van der Waals surface area contributed by atoms with E-state index >= 15 is 0 Å². The number of rotatable bonds is 2. The zero-order valence-electron chi connectivity index (χ0n) is 11.8. The monoisotopic (exact) mass is 385 g/mol. The van der Waals surface area contributed by atoms with Crippen molar-refractivity contribution < 1.29 is 4.74 Å². The van der Waals surface area contributed by atoms with Crippen LogP contribution < -0.4 is 10.5 Å². The molecule has 0 aromatic carbocycles. The lowest BCUT2D eigenvalue weighted by Crippen LogP contribution is -2.18. The van der Waals surface area contributed by atoms with Gasteiger partial charge >= 0.3 is 0 Å². The standard InChI is InChI=1S/C13H16IN5O/c1-13(2,3)10-9(14)11(15)17-12(16-10)7-5-6-8(20-4)19-18-7/h5-6H,1-4H3,(H2,15,16,17). The van der Waals surface area contributed by atoms with Crippen molar-refractivity contribution in [1.29, 1.82) is 0 Å². The lowest BCUT2D eigenvalue weighted by molar-refractivity contribution is 0.392. The molecule has 0 aliphatic carbocycles. The number of aromatic nitrogens is 4. The van der Waals surface area contributed by atoms with Gasteiger partial charge < -0.3 is 10.5 Å². The maximum atomic E-state index is 5.98. The minimum Gasteiger partial charge on any atom is -0.480 e. The molecule has 0 aliphatic heterocycles. The summed E-state index contributed by atoms with van der Waals surface area (Å²) in [5.74, 6) is 1.38. The van der Waals surface area contributed by atoms with Crippen LogP contribution in [-0.4, -0.2) is 27.3 Å². The molecule has 20 heavy (non-hydrogen) atoms. The molecule has 2 aromatic heterocycles. The maximum absolute atomic E-state index is 5.98. The molecule has 0 amide bonds. The van der Waals surface area contributed by atoms with Crippen LogP contribution in [0.1, 0.15) is 26.5 Å². The van der Waals surface area contributed by atoms with E-state index in [1.165, 1.54) is 0 Å². The van der Waals surface area contributed by atoms with Gasteiger partial charge in [-0.1, -0.05) is 20.8 Å². The number of ether oxygens (including phenoxy) is 1. The Hall–Kier alpha value is -1.51. The second kappa shape index (κ2) is 5.47. The average Bonchev–Trinajstić information content (AvgIpc) is 2.40. The summed E-state index contributed by atoms with van der Waals surface area (Å²) in [6, 6.07) is 3.48. The van der Waals surface area contributed by atoms with Gasteiger partial charge in [-0.25, -0.2) is 9.97 Å². The Morgan fingerprint density at radius 3 is 2.35 bits per heavy atom. The summed E-state index contributed by atoms with van der Waals surface area (Å²) >= 11 is 2.17. The van der Waals surface area contributed by atoms with Crippen LogP contribution in [-0.2, 0) is 5.41 Å². The van der Waals surface area contributed by atoms with Gasteiger partial charge in [-0.15, -0.1) is 10.2 Å². The van der Waals surface area contributed by atoms with E-state index in [0.29, 0.717) is 23.2 Å². The molecular weight excluding hydrogens is 369 g/mol. The number of nitrogen functional groups attached to an aromatic ring is 1. The number of hydrogen-bond donors (Lipinski definition) is 1. The van der Waals surface area contributed by atoms with Crippen LogP contribution in [0.3, 0.4) is 0 Å². The van der Waals surface area contributed by atoms with E-state index in [-0.39, 0.29) is 5.41 Å². The highest BCUT2D eigenvalue weighted by Gasteiger charge is 2.23. The Balaban J connectivity index is 2.54. The van der Waals surface area contributed by atoms with Gasteiger partial charge in [0.05, 0.1) is 16.4 Å². The first-order chi connectivity index (χ1) is 9.32. The topological polar surface area (TPSA) is 86.8 Å². The largest absolute Gasteiger partial charge is 0.480 e. The van der Waals surface area contributed by atoms with Gasteiger partial charge in [-0.3, -0.25) is 0 Å². The smallest absolute Gasteiger partial charge is 0.233 e. The molecule has 2 N–H and O–H groups in total. The van der Waals surface area contributed by atoms with Crippen molar-refractivity contribution in [2.45, 2.75) is 26.2 Å². The SMILES string of the molecule is COc1ccc(-c2nc(N)c(I)c(C(C)(C)C)n2)nn1. The summed E-state index contributed by atoms with van der Waals surface area (Å²) < 4.78 is 5.86. The van der Waals surface area contributed by atoms with Crippen molar-refractivity contribution in [3.63, 3.8) is 0 Å². The lowest BCUT2D eigenvalue weighted by Gasteiger charge is -2.20. The fourth-order valence-electron chi connectivity index (χ4n) is 1.62. The molecule has 0 unspecified atom stereocenters. The first-order valence-electron chi connectivity index (χ1n) is 6.04. The highest BCUT2D eigenvalue weighted by Crippen LogP contribution is 2.29. The number of hydrogen-bond acceptors (Lipinski definition) is 6. The fourth-order valence-corrected chi connectivity index (χ4v) is 2.67. The van der Waals surface area contributed by atoms with Crippen LogP contribution in [0, 0.1) is 3.57 Å². The van der Waals surface area contributed by atoms with Gasteiger partial charge in [0.1, 0.15) is 11.5 Å². The highest BCUT2D eigenvalue weighted by atomic mass is 127. The Bertz CT molecular complexity index is 622. The number of halogens is 1. The molecule has 2 heterocycles. The molecule has 0 saturated carbocycles. The Morgan fingerprint density at radius 2 is 1.85 bits per heavy atom. The quantitative estimate of drug-likeness (QED) is 0.800. The fraction of sp³-hybridized carbons (Fsp3) is 0.385. The maximum Gasteiger partial charge on any atom is 0.233 e. The molecule has 0 radical (unpaired) electrons. The van der Waals surface area contributed by atoms with E-state index in [2.05, 4.69) is 63.5 Å². The number of nitrogens with two attached hydrogens (primary N) is 1. The Kier molecular flexibility index (Phi) is 4.07. The van der Waals surface area contributed by atoms with Crippen molar-refractivity contribution in [2.75, 3.05) is 12.8 Å². The van der Waals surface area contributed by atoms with Crippen LogP contribution >= 0.6 is 22.6 Å². The molecule has 2 aromatic rings. The third-order valence-corrected chi connectivity index (χ3v) is 3.73. The lowest BCUT2D eigenvalue weighted by atomic mass is 9.92. The summed E-state index contributed by atoms with van der Waals surface area (Å²) in [6.07, 6.45) is 0. The predicted octanol–water partition coefficient (Wildman–Crippen LogP) is 2.43. The zero-order chi connectivity index (χ0) is 14.9. The van der Waals surface area contributed by atoms with E-state index in [4.69, 9.17) is 10.5 Å². The predicted molar refractivity (Wildman–Crippen MR) is 85.4 cm³/mol. The molecule has 0 aliphatic rings. The van der Waals surface area contributed by atoms with Crippen LogP contribution in [0.15, 0.2) is 12.1 Å². The minimum absolute atomic E-state index is 0.123. The van der Waals surface area contributed by atoms with E-state index < -0.39 is 0 Å². The average molecular weight is 385 g/mol. The van der Waals surface area contributed by atoms with Crippen LogP contribution in [0.2, 0.25) is 0 Å². The molecule has 7 heteroatoms. The summed E-state index contributed by atoms with van der Waals surface area (Å²) in [4.78, 5) is 8.88. The number of methoxy groups -OCH3 is 1. The number of anilines is 1. The molecule has 6 nitrogen and oxygen atoms in total. The van der Waals surface area contributed by atoms with E-state index in [0.717, 1.165) is 9.26 Å². The summed E-state index contributed by atoms with van der Waals surface area (Å²) in [6.45, 7) is 6.25. The van der Waals surface area contributed by atoms with Gasteiger partial charge in [0, 0.05) is 11.5 Å². The van der Waals surface area contributed by atoms with Crippen LogP contribution in [0.5, 0.6) is 5.88 Å². The van der Waals surface area contributed by atoms with E-state index in [1.807, 2.05) is 0 Å². The van der Waals surface area contributed by atoms with E-state index in [1.54, 1.807) is 19.2 Å². The van der Waals surface area contributed by atoms with Crippen molar-refractivity contribution in [3.05, 3.63) is 21.4 Å². The van der Waals surface area contributed by atoms with Gasteiger partial charge in [-0.05, 0) is 28.7 Å². The van der Waals surface area contributed by atoms with Crippen molar-refractivity contribution >= 4 is 28.4 Å². The normalized spacial score (nSPS) is 11.4. The summed E-state index contributed by atoms with van der Waals surface area (Å²) in [5, 5.41) is 7.98. The van der Waals surface area contributed by atoms with E-state index in [9.17, 15) is 0 Å². The molecule has 0 saturated heterocycles. The third kappa shape index (κ3) is 2.97. The van der Waals surface area contributed by atoms with Gasteiger partial charge in [0.15, 0.2) is 5.82 Å². The van der Waals surface area contributed by atoms with Crippen molar-refractivity contribution in [3.8, 4) is 17.4 Å². The molecule has 106 valence electrons. The molecular formula is C13H16IN5O. The first kappa shape index (κ1) is 14.9. The zero-order valence-corrected chi connectivity index (χ0v) is 14.0. The number of nitrogens with zero attached hydrogens (tertiary/aromatic N) is 4. The summed E-state index contributed by atoms with van der Waals surface area (Å²) in [5.41, 5.74) is 7.33. The highest BCUT2D eigenvalue weighted by molar-refractivity contribution is 14.1.